The molecule has 152 valence electrons. The molecule has 1 N–H and O–H groups in total. The second-order valence-electron chi connectivity index (χ2n) is 8.38. The van der Waals surface area contributed by atoms with Crippen molar-refractivity contribution in [2.24, 2.45) is 23.2 Å². The molecule has 0 saturated carbocycles. The maximum Gasteiger partial charge on any atom is 0.276 e. The van der Waals surface area contributed by atoms with Crippen LogP contribution in [0.5, 0.6) is 0 Å². The van der Waals surface area contributed by atoms with Crippen molar-refractivity contribution in [3.8, 4) is 0 Å². The number of carbonyl (C=O) groups is 2. The molecule has 1 aromatic heterocycles. The highest BCUT2D eigenvalue weighted by atomic mass is 16.2. The minimum Gasteiger partial charge on any atom is -0.321 e. The number of amides is 2. The average molecular weight is 401 g/mol. The molecular formula is C23H23N5O2. The van der Waals surface area contributed by atoms with E-state index in [-0.39, 0.29) is 23.1 Å². The molecule has 1 atom stereocenters. The molecule has 30 heavy (non-hydrogen) atoms. The normalized spacial score (nSPS) is 18.0. The number of carbonyl (C=O) groups excluding carboxylic acids is 2. The average Bonchev–Trinajstić information content (AvgIpc) is 3.12. The van der Waals surface area contributed by atoms with Gasteiger partial charge in [-0.15, -0.1) is 10.2 Å². The van der Waals surface area contributed by atoms with Gasteiger partial charge in [-0.3, -0.25) is 14.3 Å². The van der Waals surface area contributed by atoms with Gasteiger partial charge in [0.2, 0.25) is 0 Å². The Balaban J connectivity index is 1.54. The summed E-state index contributed by atoms with van der Waals surface area (Å²) in [6, 6.07) is 9.14. The fourth-order valence-electron chi connectivity index (χ4n) is 3.61. The van der Waals surface area contributed by atoms with Gasteiger partial charge in [0, 0.05) is 29.4 Å². The maximum atomic E-state index is 12.6. The van der Waals surface area contributed by atoms with Gasteiger partial charge < -0.3 is 5.32 Å². The molecule has 4 rings (SSSR count). The second kappa shape index (κ2) is 7.33. The van der Waals surface area contributed by atoms with Gasteiger partial charge in [0.15, 0.2) is 5.69 Å². The lowest BCUT2D eigenvalue weighted by atomic mass is 9.89. The Morgan fingerprint density at radius 1 is 1.10 bits per heavy atom. The minimum absolute atomic E-state index is 0.104. The third-order valence-corrected chi connectivity index (χ3v) is 5.11. The number of fused-ring (bicyclic) bond motifs is 1. The summed E-state index contributed by atoms with van der Waals surface area (Å²) in [5.74, 6) is -0.912. The smallest absolute Gasteiger partial charge is 0.276 e. The number of aryl methyl sites for hydroxylation is 1. The number of hydrogen-bond acceptors (Lipinski definition) is 4. The highest BCUT2D eigenvalue weighted by Crippen LogP contribution is 2.34. The van der Waals surface area contributed by atoms with Gasteiger partial charge in [0.05, 0.1) is 11.6 Å². The first-order valence-corrected chi connectivity index (χ1v) is 9.75. The lowest BCUT2D eigenvalue weighted by Gasteiger charge is -2.19. The predicted molar refractivity (Wildman–Crippen MR) is 115 cm³/mol. The Labute approximate surface area is 174 Å². The molecular weight excluding hydrogens is 378 g/mol. The molecule has 2 amide bonds. The SMILES string of the molecule is Cn1nc(C(=O)Nc2ccc(C3=C4C=CC=CC4C(=O)N=N3)cc2)cc1C(C)(C)C. The van der Waals surface area contributed by atoms with Gasteiger partial charge in [-0.2, -0.15) is 5.10 Å². The molecule has 7 nitrogen and oxygen atoms in total. The third-order valence-electron chi connectivity index (χ3n) is 5.11. The number of rotatable bonds is 3. The van der Waals surface area contributed by atoms with Crippen molar-refractivity contribution < 1.29 is 9.59 Å². The molecule has 1 unspecified atom stereocenters. The topological polar surface area (TPSA) is 88.7 Å². The van der Waals surface area contributed by atoms with E-state index in [9.17, 15) is 9.59 Å². The van der Waals surface area contributed by atoms with Gasteiger partial charge >= 0.3 is 0 Å². The van der Waals surface area contributed by atoms with Crippen LogP contribution in [0.4, 0.5) is 5.69 Å². The van der Waals surface area contributed by atoms with Gasteiger partial charge in [0.25, 0.3) is 11.8 Å². The molecule has 1 aliphatic heterocycles. The fourth-order valence-corrected chi connectivity index (χ4v) is 3.61. The molecule has 1 aromatic carbocycles. The van der Waals surface area contributed by atoms with E-state index >= 15 is 0 Å². The van der Waals surface area contributed by atoms with Crippen molar-refractivity contribution in [3.63, 3.8) is 0 Å². The second-order valence-corrected chi connectivity index (χ2v) is 8.38. The third kappa shape index (κ3) is 3.66. The van der Waals surface area contributed by atoms with E-state index in [1.807, 2.05) is 49.6 Å². The zero-order valence-electron chi connectivity index (χ0n) is 17.4. The number of anilines is 1. The summed E-state index contributed by atoms with van der Waals surface area (Å²) in [6.45, 7) is 6.24. The van der Waals surface area contributed by atoms with Crippen molar-refractivity contribution in [3.05, 3.63) is 77.2 Å². The molecule has 2 aromatic rings. The summed E-state index contributed by atoms with van der Waals surface area (Å²) in [6.07, 6.45) is 7.43. The molecule has 0 saturated heterocycles. The summed E-state index contributed by atoms with van der Waals surface area (Å²) in [4.78, 5) is 24.6. The summed E-state index contributed by atoms with van der Waals surface area (Å²) < 4.78 is 1.74. The minimum atomic E-state index is -0.386. The molecule has 2 heterocycles. The first-order chi connectivity index (χ1) is 14.2. The lowest BCUT2D eigenvalue weighted by Crippen LogP contribution is -2.17. The Bertz CT molecular complexity index is 1140. The number of nitrogens with one attached hydrogen (secondary N) is 1. The molecule has 2 aliphatic rings. The van der Waals surface area contributed by atoms with Crippen LogP contribution in [0.15, 0.2) is 70.4 Å². The van der Waals surface area contributed by atoms with E-state index in [1.165, 1.54) is 0 Å². The summed E-state index contributed by atoms with van der Waals surface area (Å²) in [5.41, 5.74) is 4.23. The van der Waals surface area contributed by atoms with E-state index in [1.54, 1.807) is 16.8 Å². The van der Waals surface area contributed by atoms with Crippen LogP contribution in [0.2, 0.25) is 0 Å². The zero-order valence-corrected chi connectivity index (χ0v) is 17.4. The maximum absolute atomic E-state index is 12.6. The van der Waals surface area contributed by atoms with Crippen LogP contribution in [0, 0.1) is 5.92 Å². The van der Waals surface area contributed by atoms with E-state index in [4.69, 9.17) is 0 Å². The van der Waals surface area contributed by atoms with E-state index in [0.29, 0.717) is 17.1 Å². The van der Waals surface area contributed by atoms with E-state index in [2.05, 4.69) is 41.4 Å². The highest BCUT2D eigenvalue weighted by Gasteiger charge is 2.27. The number of nitrogens with zero attached hydrogens (tertiary/aromatic N) is 4. The first-order valence-electron chi connectivity index (χ1n) is 9.75. The van der Waals surface area contributed by atoms with Gasteiger partial charge in [-0.05, 0) is 23.8 Å². The van der Waals surface area contributed by atoms with Crippen LogP contribution in [0.1, 0.15) is 42.5 Å². The van der Waals surface area contributed by atoms with Crippen molar-refractivity contribution in [2.75, 3.05) is 5.32 Å². The Kier molecular flexibility index (Phi) is 4.81. The monoisotopic (exact) mass is 401 g/mol. The molecule has 0 radical (unpaired) electrons. The van der Waals surface area contributed by atoms with Gasteiger partial charge in [0.1, 0.15) is 0 Å². The van der Waals surface area contributed by atoms with Gasteiger partial charge in [-0.1, -0.05) is 57.2 Å². The van der Waals surface area contributed by atoms with Crippen LogP contribution in [0.3, 0.4) is 0 Å². The number of hydrogen-bond donors (Lipinski definition) is 1. The molecule has 1 aliphatic carbocycles. The van der Waals surface area contributed by atoms with Crippen molar-refractivity contribution in [2.45, 2.75) is 26.2 Å². The highest BCUT2D eigenvalue weighted by molar-refractivity contribution is 6.03. The summed E-state index contributed by atoms with van der Waals surface area (Å²) >= 11 is 0. The molecule has 0 bridgehead atoms. The number of aromatic nitrogens is 2. The summed E-state index contributed by atoms with van der Waals surface area (Å²) in [5, 5.41) is 15.1. The van der Waals surface area contributed by atoms with Crippen LogP contribution in [-0.4, -0.2) is 21.6 Å². The van der Waals surface area contributed by atoms with Crippen molar-refractivity contribution >= 4 is 23.2 Å². The van der Waals surface area contributed by atoms with Crippen LogP contribution >= 0.6 is 0 Å². The fraction of sp³-hybridized carbons (Fsp3) is 0.261. The zero-order chi connectivity index (χ0) is 21.5. The van der Waals surface area contributed by atoms with Crippen LogP contribution in [-0.2, 0) is 17.3 Å². The number of allylic oxidation sites excluding steroid dienone is 3. The van der Waals surface area contributed by atoms with E-state index < -0.39 is 0 Å². The first kappa shape index (κ1) is 19.7. The summed E-state index contributed by atoms with van der Waals surface area (Å²) in [7, 11) is 1.84. The largest absolute Gasteiger partial charge is 0.321 e. The number of benzene rings is 1. The Morgan fingerprint density at radius 3 is 2.50 bits per heavy atom. The molecule has 7 heteroatoms. The Hall–Kier alpha value is -3.61. The Morgan fingerprint density at radius 2 is 1.83 bits per heavy atom. The number of azo groups is 1. The quantitative estimate of drug-likeness (QED) is 0.826. The van der Waals surface area contributed by atoms with Crippen molar-refractivity contribution in [1.82, 2.24) is 9.78 Å². The molecule has 0 fully saturated rings. The molecule has 0 spiro atoms. The van der Waals surface area contributed by atoms with Crippen molar-refractivity contribution in [1.29, 1.82) is 0 Å². The standard InChI is InChI=1S/C23H23N5O2/c1-23(2,3)19-13-18(27-28(19)4)22(30)24-15-11-9-14(10-12-15)20-16-7-5-6-8-17(16)21(29)26-25-20/h5-13,17H,1-4H3,(H,24,30). The van der Waals surface area contributed by atoms with Crippen LogP contribution < -0.4 is 5.32 Å². The van der Waals surface area contributed by atoms with Gasteiger partial charge in [-0.25, -0.2) is 0 Å². The van der Waals surface area contributed by atoms with Crippen LogP contribution in [0.25, 0.3) is 5.70 Å². The lowest BCUT2D eigenvalue weighted by molar-refractivity contribution is -0.119. The predicted octanol–water partition coefficient (Wildman–Crippen LogP) is 4.42. The van der Waals surface area contributed by atoms with E-state index in [0.717, 1.165) is 16.8 Å².